The molecule has 0 bridgehead atoms. The molecule has 7 nitrogen and oxygen atoms in total. The normalized spacial score (nSPS) is 11.3. The van der Waals surface area contributed by atoms with Gasteiger partial charge in [-0.05, 0) is 41.1 Å². The predicted molar refractivity (Wildman–Crippen MR) is 76.8 cm³/mol. The lowest BCUT2D eigenvalue weighted by Gasteiger charge is -2.13. The molecule has 3 amide bonds. The number of nitrogens with one attached hydrogen (secondary N) is 3. The number of benzene rings is 1. The van der Waals surface area contributed by atoms with Crippen molar-refractivity contribution in [2.75, 3.05) is 12.4 Å². The van der Waals surface area contributed by atoms with Crippen molar-refractivity contribution < 1.29 is 19.5 Å². The van der Waals surface area contributed by atoms with Crippen LogP contribution in [0.4, 0.5) is 10.5 Å². The number of urea groups is 1. The predicted octanol–water partition coefficient (Wildman–Crippen LogP) is 1.40. The van der Waals surface area contributed by atoms with Crippen LogP contribution >= 0.6 is 15.9 Å². The van der Waals surface area contributed by atoms with E-state index >= 15 is 0 Å². The van der Waals surface area contributed by atoms with E-state index in [-0.39, 0.29) is 11.5 Å². The number of halogens is 1. The van der Waals surface area contributed by atoms with Gasteiger partial charge in [0, 0.05) is 17.2 Å². The van der Waals surface area contributed by atoms with E-state index in [4.69, 9.17) is 5.11 Å². The van der Waals surface area contributed by atoms with Gasteiger partial charge in [0.1, 0.15) is 6.04 Å². The molecule has 1 rings (SSSR count). The third kappa shape index (κ3) is 4.23. The number of likely N-dealkylation sites (N-methyl/N-ethyl adjacent to an activating group) is 1. The van der Waals surface area contributed by atoms with Crippen LogP contribution in [-0.2, 0) is 4.79 Å². The minimum absolute atomic E-state index is 0.0298. The molecule has 0 aromatic heterocycles. The minimum atomic E-state index is -1.11. The summed E-state index contributed by atoms with van der Waals surface area (Å²) < 4.78 is 0.412. The van der Waals surface area contributed by atoms with Gasteiger partial charge in [-0.15, -0.1) is 0 Å². The molecule has 0 aliphatic heterocycles. The highest BCUT2D eigenvalue weighted by atomic mass is 79.9. The fourth-order valence-electron chi connectivity index (χ4n) is 1.41. The smallest absolute Gasteiger partial charge is 0.336 e. The number of anilines is 1. The van der Waals surface area contributed by atoms with Crippen molar-refractivity contribution in [1.82, 2.24) is 10.6 Å². The lowest BCUT2D eigenvalue weighted by atomic mass is 10.2. The van der Waals surface area contributed by atoms with Crippen LogP contribution < -0.4 is 16.0 Å². The summed E-state index contributed by atoms with van der Waals surface area (Å²) in [6.07, 6.45) is 0. The summed E-state index contributed by atoms with van der Waals surface area (Å²) in [6, 6.07) is 3.08. The zero-order valence-corrected chi connectivity index (χ0v) is 12.4. The van der Waals surface area contributed by atoms with Crippen molar-refractivity contribution in [3.05, 3.63) is 28.2 Å². The maximum absolute atomic E-state index is 11.6. The van der Waals surface area contributed by atoms with Crippen LogP contribution in [0, 0.1) is 0 Å². The number of hydrogen-bond donors (Lipinski definition) is 4. The molecular weight excluding hydrogens is 330 g/mol. The molecule has 0 fully saturated rings. The van der Waals surface area contributed by atoms with Crippen LogP contribution in [0.5, 0.6) is 0 Å². The Morgan fingerprint density at radius 3 is 2.50 bits per heavy atom. The van der Waals surface area contributed by atoms with Crippen molar-refractivity contribution in [2.45, 2.75) is 13.0 Å². The fraction of sp³-hybridized carbons (Fsp3) is 0.250. The molecule has 108 valence electrons. The topological polar surface area (TPSA) is 108 Å². The number of carboxylic acid groups (broad SMARTS) is 1. The first kappa shape index (κ1) is 16.0. The van der Waals surface area contributed by atoms with E-state index in [2.05, 4.69) is 31.9 Å². The molecule has 0 saturated heterocycles. The standard InChI is InChI=1S/C12H14BrN3O4/c1-6(10(17)14-2)15-12(20)16-7-3-4-9(13)8(5-7)11(18)19/h3-6H,1-2H3,(H,14,17)(H,18,19)(H2,15,16,20). The number of carboxylic acids is 1. The molecular formula is C12H14BrN3O4. The highest BCUT2D eigenvalue weighted by Crippen LogP contribution is 2.21. The first-order valence-electron chi connectivity index (χ1n) is 5.67. The second-order valence-electron chi connectivity index (χ2n) is 3.93. The van der Waals surface area contributed by atoms with Crippen LogP contribution in [0.15, 0.2) is 22.7 Å². The molecule has 0 spiro atoms. The molecule has 1 aromatic rings. The van der Waals surface area contributed by atoms with Crippen LogP contribution in [0.1, 0.15) is 17.3 Å². The lowest BCUT2D eigenvalue weighted by Crippen LogP contribution is -2.45. The van der Waals surface area contributed by atoms with Crippen molar-refractivity contribution in [3.8, 4) is 0 Å². The molecule has 1 unspecified atom stereocenters. The first-order valence-corrected chi connectivity index (χ1v) is 6.46. The van der Waals surface area contributed by atoms with Gasteiger partial charge in [0.25, 0.3) is 0 Å². The summed E-state index contributed by atoms with van der Waals surface area (Å²) in [5, 5.41) is 16.2. The van der Waals surface area contributed by atoms with E-state index in [1.807, 2.05) is 0 Å². The average molecular weight is 344 g/mol. The Labute approximate surface area is 123 Å². The molecule has 20 heavy (non-hydrogen) atoms. The van der Waals surface area contributed by atoms with Crippen LogP contribution in [0.2, 0.25) is 0 Å². The molecule has 1 aromatic carbocycles. The van der Waals surface area contributed by atoms with E-state index in [0.717, 1.165) is 0 Å². The Hall–Kier alpha value is -2.09. The first-order chi connectivity index (χ1) is 9.35. The molecule has 0 saturated carbocycles. The molecule has 0 radical (unpaired) electrons. The monoisotopic (exact) mass is 343 g/mol. The third-order valence-corrected chi connectivity index (χ3v) is 3.13. The number of rotatable bonds is 4. The zero-order valence-electron chi connectivity index (χ0n) is 10.9. The van der Waals surface area contributed by atoms with E-state index in [1.54, 1.807) is 6.07 Å². The summed E-state index contributed by atoms with van der Waals surface area (Å²) >= 11 is 3.10. The second-order valence-corrected chi connectivity index (χ2v) is 4.79. The van der Waals surface area contributed by atoms with Gasteiger partial charge in [-0.2, -0.15) is 0 Å². The summed E-state index contributed by atoms with van der Waals surface area (Å²) in [6.45, 7) is 1.53. The molecule has 4 N–H and O–H groups in total. The number of amides is 3. The van der Waals surface area contributed by atoms with Crippen molar-refractivity contribution in [2.24, 2.45) is 0 Å². The highest BCUT2D eigenvalue weighted by molar-refractivity contribution is 9.10. The molecule has 0 aliphatic rings. The van der Waals surface area contributed by atoms with E-state index in [1.165, 1.54) is 26.1 Å². The van der Waals surface area contributed by atoms with E-state index < -0.39 is 18.0 Å². The number of carbonyl (C=O) groups excluding carboxylic acids is 2. The minimum Gasteiger partial charge on any atom is -0.478 e. The van der Waals surface area contributed by atoms with Gasteiger partial charge >= 0.3 is 12.0 Å². The summed E-state index contributed by atoms with van der Waals surface area (Å²) in [4.78, 5) is 33.9. The van der Waals surface area contributed by atoms with Gasteiger partial charge in [-0.1, -0.05) is 0 Å². The van der Waals surface area contributed by atoms with Crippen molar-refractivity contribution in [1.29, 1.82) is 0 Å². The van der Waals surface area contributed by atoms with Gasteiger partial charge in [-0.25, -0.2) is 9.59 Å². The van der Waals surface area contributed by atoms with Gasteiger partial charge in [0.15, 0.2) is 0 Å². The molecule has 0 aliphatic carbocycles. The fourth-order valence-corrected chi connectivity index (χ4v) is 1.83. The molecule has 8 heteroatoms. The van der Waals surface area contributed by atoms with Crippen molar-refractivity contribution >= 4 is 39.5 Å². The van der Waals surface area contributed by atoms with Gasteiger partial charge in [0.05, 0.1) is 5.56 Å². The largest absolute Gasteiger partial charge is 0.478 e. The Morgan fingerprint density at radius 1 is 1.30 bits per heavy atom. The Kier molecular flexibility index (Phi) is 5.51. The Bertz CT molecular complexity index is 548. The van der Waals surface area contributed by atoms with Crippen LogP contribution in [0.3, 0.4) is 0 Å². The number of aromatic carboxylic acids is 1. The lowest BCUT2D eigenvalue weighted by molar-refractivity contribution is -0.122. The number of hydrogen-bond acceptors (Lipinski definition) is 3. The Morgan fingerprint density at radius 2 is 1.95 bits per heavy atom. The molecule has 0 heterocycles. The van der Waals surface area contributed by atoms with E-state index in [9.17, 15) is 14.4 Å². The summed E-state index contributed by atoms with van der Waals surface area (Å²) in [5.41, 5.74) is 0.342. The maximum Gasteiger partial charge on any atom is 0.336 e. The quantitative estimate of drug-likeness (QED) is 0.662. The molecule has 1 atom stereocenters. The van der Waals surface area contributed by atoms with Gasteiger partial charge in [-0.3, -0.25) is 4.79 Å². The second kappa shape index (κ2) is 6.90. The van der Waals surface area contributed by atoms with Crippen molar-refractivity contribution in [3.63, 3.8) is 0 Å². The van der Waals surface area contributed by atoms with Crippen LogP contribution in [-0.4, -0.2) is 36.1 Å². The summed E-state index contributed by atoms with van der Waals surface area (Å²) in [5.74, 6) is -1.44. The van der Waals surface area contributed by atoms with Gasteiger partial charge < -0.3 is 21.1 Å². The SMILES string of the molecule is CNC(=O)C(C)NC(=O)Nc1ccc(Br)c(C(=O)O)c1. The maximum atomic E-state index is 11.6. The summed E-state index contributed by atoms with van der Waals surface area (Å²) in [7, 11) is 1.46. The number of carbonyl (C=O) groups is 3. The van der Waals surface area contributed by atoms with E-state index in [0.29, 0.717) is 10.2 Å². The third-order valence-electron chi connectivity index (χ3n) is 2.44. The zero-order chi connectivity index (χ0) is 15.3. The van der Waals surface area contributed by atoms with Gasteiger partial charge in [0.2, 0.25) is 5.91 Å². The van der Waals surface area contributed by atoms with Crippen LogP contribution in [0.25, 0.3) is 0 Å². The Balaban J connectivity index is 2.74. The average Bonchev–Trinajstić information content (AvgIpc) is 2.39. The highest BCUT2D eigenvalue weighted by Gasteiger charge is 2.15.